The highest BCUT2D eigenvalue weighted by atomic mass is 16.3. The smallest absolute Gasteiger partial charge is 0.111 e. The molecule has 1 unspecified atom stereocenters. The Morgan fingerprint density at radius 3 is 2.45 bits per heavy atom. The molecule has 1 aromatic heterocycles. The molecule has 0 amide bonds. The van der Waals surface area contributed by atoms with Crippen LogP contribution in [-0.4, -0.2) is 14.7 Å². The number of nitrogens with zero attached hydrogens (tertiary/aromatic N) is 2. The quantitative estimate of drug-likeness (QED) is 0.906. The van der Waals surface area contributed by atoms with Crippen LogP contribution in [0.15, 0.2) is 30.6 Å². The summed E-state index contributed by atoms with van der Waals surface area (Å²) in [6.07, 6.45) is 5.39. The molecule has 2 rings (SSSR count). The van der Waals surface area contributed by atoms with Crippen molar-refractivity contribution in [2.45, 2.75) is 52.7 Å². The minimum Gasteiger partial charge on any atom is -0.385 e. The molecule has 3 heteroatoms. The Morgan fingerprint density at radius 1 is 1.20 bits per heavy atom. The molecule has 0 saturated heterocycles. The molecular weight excluding hydrogens is 248 g/mol. The molecule has 0 bridgehead atoms. The third-order valence-corrected chi connectivity index (χ3v) is 3.61. The summed E-state index contributed by atoms with van der Waals surface area (Å²) in [5.41, 5.74) is 2.42. The van der Waals surface area contributed by atoms with Crippen molar-refractivity contribution in [3.05, 3.63) is 53.1 Å². The van der Waals surface area contributed by atoms with E-state index in [-0.39, 0.29) is 0 Å². The van der Waals surface area contributed by atoms with Gasteiger partial charge in [0.05, 0.1) is 5.60 Å². The molecule has 1 aromatic carbocycles. The number of hydrogen-bond donors (Lipinski definition) is 1. The molecule has 0 spiro atoms. The Balaban J connectivity index is 2.27. The van der Waals surface area contributed by atoms with Gasteiger partial charge in [-0.1, -0.05) is 36.2 Å². The molecule has 0 fully saturated rings. The van der Waals surface area contributed by atoms with Crippen LogP contribution in [0, 0.1) is 13.8 Å². The Labute approximate surface area is 121 Å². The maximum atomic E-state index is 10.8. The zero-order chi connectivity index (χ0) is 14.8. The zero-order valence-corrected chi connectivity index (χ0v) is 12.8. The molecule has 1 N–H and O–H groups in total. The molecule has 0 aliphatic heterocycles. The maximum Gasteiger partial charge on any atom is 0.111 e. The van der Waals surface area contributed by atoms with Crippen LogP contribution in [0.4, 0.5) is 0 Å². The van der Waals surface area contributed by atoms with E-state index in [2.05, 4.69) is 48.5 Å². The van der Waals surface area contributed by atoms with Gasteiger partial charge < -0.3 is 9.67 Å². The summed E-state index contributed by atoms with van der Waals surface area (Å²) < 4.78 is 2.12. The van der Waals surface area contributed by atoms with Gasteiger partial charge in [0, 0.05) is 25.4 Å². The lowest BCUT2D eigenvalue weighted by Gasteiger charge is -2.25. The minimum absolute atomic E-state index is 0.531. The normalized spacial score (nSPS) is 14.2. The zero-order valence-electron chi connectivity index (χ0n) is 12.8. The molecule has 0 aliphatic carbocycles. The Bertz CT molecular complexity index is 564. The first kappa shape index (κ1) is 14.8. The van der Waals surface area contributed by atoms with E-state index in [1.807, 2.05) is 19.3 Å². The fourth-order valence-electron chi connectivity index (χ4n) is 2.65. The lowest BCUT2D eigenvalue weighted by molar-refractivity contribution is 0.0544. The highest BCUT2D eigenvalue weighted by Crippen LogP contribution is 2.26. The fourth-order valence-corrected chi connectivity index (χ4v) is 2.65. The molecule has 0 radical (unpaired) electrons. The van der Waals surface area contributed by atoms with Crippen molar-refractivity contribution in [3.8, 4) is 0 Å². The number of benzene rings is 1. The fraction of sp³-hybridized carbons (Fsp3) is 0.471. The van der Waals surface area contributed by atoms with Gasteiger partial charge in [-0.25, -0.2) is 4.98 Å². The van der Waals surface area contributed by atoms with Crippen LogP contribution in [0.2, 0.25) is 0 Å². The average molecular weight is 272 g/mol. The third kappa shape index (κ3) is 3.28. The summed E-state index contributed by atoms with van der Waals surface area (Å²) >= 11 is 0. The van der Waals surface area contributed by atoms with Crippen LogP contribution in [-0.2, 0) is 18.6 Å². The van der Waals surface area contributed by atoms with E-state index in [1.54, 1.807) is 0 Å². The first-order valence-electron chi connectivity index (χ1n) is 7.23. The predicted molar refractivity (Wildman–Crippen MR) is 81.7 cm³/mol. The van der Waals surface area contributed by atoms with Crippen molar-refractivity contribution in [1.29, 1.82) is 0 Å². The average Bonchev–Trinajstić information content (AvgIpc) is 2.75. The van der Waals surface area contributed by atoms with Crippen molar-refractivity contribution < 1.29 is 5.11 Å². The number of imidazole rings is 1. The highest BCUT2D eigenvalue weighted by Gasteiger charge is 2.26. The molecule has 3 nitrogen and oxygen atoms in total. The summed E-state index contributed by atoms with van der Waals surface area (Å²) in [4.78, 5) is 4.39. The maximum absolute atomic E-state index is 10.8. The van der Waals surface area contributed by atoms with E-state index >= 15 is 0 Å². The second-order valence-corrected chi connectivity index (χ2v) is 5.86. The van der Waals surface area contributed by atoms with Gasteiger partial charge in [-0.2, -0.15) is 0 Å². The van der Waals surface area contributed by atoms with Crippen molar-refractivity contribution in [3.63, 3.8) is 0 Å². The number of rotatable bonds is 5. The van der Waals surface area contributed by atoms with Crippen molar-refractivity contribution in [2.24, 2.45) is 0 Å². The van der Waals surface area contributed by atoms with Crippen LogP contribution in [0.1, 0.15) is 42.8 Å². The molecular formula is C17H24N2O. The molecule has 2 aromatic rings. The molecule has 0 saturated carbocycles. The van der Waals surface area contributed by atoms with Crippen molar-refractivity contribution in [1.82, 2.24) is 9.55 Å². The van der Waals surface area contributed by atoms with Gasteiger partial charge in [-0.3, -0.25) is 0 Å². The standard InChI is InChI=1S/C17H24N2O/c1-5-7-19-8-6-18-16(19)12-17(4,20)15-10-13(2)9-14(3)11-15/h6,8-11,20H,5,7,12H2,1-4H3. The largest absolute Gasteiger partial charge is 0.385 e. The van der Waals surface area contributed by atoms with Crippen molar-refractivity contribution >= 4 is 0 Å². The predicted octanol–water partition coefficient (Wildman–Crippen LogP) is 3.36. The number of hydrogen-bond acceptors (Lipinski definition) is 2. The topological polar surface area (TPSA) is 38.0 Å². The SMILES string of the molecule is CCCn1ccnc1CC(C)(O)c1cc(C)cc(C)c1. The van der Waals surface area contributed by atoms with E-state index in [0.29, 0.717) is 6.42 Å². The third-order valence-electron chi connectivity index (χ3n) is 3.61. The van der Waals surface area contributed by atoms with Gasteiger partial charge in [-0.05, 0) is 32.8 Å². The summed E-state index contributed by atoms with van der Waals surface area (Å²) in [6, 6.07) is 6.23. The minimum atomic E-state index is -0.895. The number of aromatic nitrogens is 2. The second-order valence-electron chi connectivity index (χ2n) is 5.86. The Hall–Kier alpha value is -1.61. The van der Waals surface area contributed by atoms with E-state index in [4.69, 9.17) is 0 Å². The first-order valence-corrected chi connectivity index (χ1v) is 7.23. The van der Waals surface area contributed by atoms with E-state index in [9.17, 15) is 5.11 Å². The van der Waals surface area contributed by atoms with E-state index < -0.39 is 5.60 Å². The number of aryl methyl sites for hydroxylation is 3. The molecule has 1 atom stereocenters. The first-order chi connectivity index (χ1) is 9.42. The van der Waals surface area contributed by atoms with Gasteiger partial charge in [0.25, 0.3) is 0 Å². The lowest BCUT2D eigenvalue weighted by atomic mass is 9.90. The van der Waals surface area contributed by atoms with Crippen molar-refractivity contribution in [2.75, 3.05) is 0 Å². The Morgan fingerprint density at radius 2 is 1.85 bits per heavy atom. The van der Waals surface area contributed by atoms with Crippen LogP contribution in [0.25, 0.3) is 0 Å². The molecule has 0 aliphatic rings. The van der Waals surface area contributed by atoms with Gasteiger partial charge >= 0.3 is 0 Å². The molecule has 108 valence electrons. The van der Waals surface area contributed by atoms with E-state index in [1.165, 1.54) is 11.1 Å². The monoisotopic (exact) mass is 272 g/mol. The van der Waals surface area contributed by atoms with Crippen LogP contribution >= 0.6 is 0 Å². The molecule has 1 heterocycles. The van der Waals surface area contributed by atoms with Gasteiger partial charge in [0.1, 0.15) is 5.82 Å². The van der Waals surface area contributed by atoms with Crippen LogP contribution in [0.3, 0.4) is 0 Å². The van der Waals surface area contributed by atoms with Gasteiger partial charge in [0.15, 0.2) is 0 Å². The summed E-state index contributed by atoms with van der Waals surface area (Å²) in [6.45, 7) is 9.07. The van der Waals surface area contributed by atoms with Crippen LogP contribution in [0.5, 0.6) is 0 Å². The van der Waals surface area contributed by atoms with Crippen LogP contribution < -0.4 is 0 Å². The highest BCUT2D eigenvalue weighted by molar-refractivity contribution is 5.32. The van der Waals surface area contributed by atoms with Gasteiger partial charge in [-0.15, -0.1) is 0 Å². The summed E-state index contributed by atoms with van der Waals surface area (Å²) in [5, 5.41) is 10.8. The second kappa shape index (κ2) is 5.80. The van der Waals surface area contributed by atoms with E-state index in [0.717, 1.165) is 24.4 Å². The summed E-state index contributed by atoms with van der Waals surface area (Å²) in [5.74, 6) is 0.941. The number of aliphatic hydroxyl groups is 1. The summed E-state index contributed by atoms with van der Waals surface area (Å²) in [7, 11) is 0. The molecule has 20 heavy (non-hydrogen) atoms. The Kier molecular flexibility index (Phi) is 4.29. The van der Waals surface area contributed by atoms with Gasteiger partial charge in [0.2, 0.25) is 0 Å². The lowest BCUT2D eigenvalue weighted by Crippen LogP contribution is -2.26.